The first-order valence-corrected chi connectivity index (χ1v) is 5.81. The smallest absolute Gasteiger partial charge is 0.176 e. The summed E-state index contributed by atoms with van der Waals surface area (Å²) >= 11 is 0. The van der Waals surface area contributed by atoms with Crippen LogP contribution in [-0.4, -0.2) is 30.8 Å². The normalized spacial score (nSPS) is 10.8. The van der Waals surface area contributed by atoms with E-state index < -0.39 is 5.82 Å². The largest absolute Gasteiger partial charge is 0.396 e. The van der Waals surface area contributed by atoms with E-state index in [0.29, 0.717) is 12.1 Å². The summed E-state index contributed by atoms with van der Waals surface area (Å²) in [5, 5.41) is 0. The highest BCUT2D eigenvalue weighted by Gasteiger charge is 2.10. The quantitative estimate of drug-likeness (QED) is 0.611. The Morgan fingerprint density at radius 1 is 1.47 bits per heavy atom. The molecule has 17 heavy (non-hydrogen) atoms. The molecule has 0 fully saturated rings. The van der Waals surface area contributed by atoms with E-state index in [0.717, 1.165) is 19.4 Å². The molecule has 1 aromatic carbocycles. The van der Waals surface area contributed by atoms with Crippen LogP contribution in [0.25, 0.3) is 0 Å². The zero-order valence-electron chi connectivity index (χ0n) is 10.4. The molecule has 0 saturated heterocycles. The van der Waals surface area contributed by atoms with Crippen LogP contribution in [0.1, 0.15) is 30.1 Å². The molecule has 0 unspecified atom stereocenters. The second kappa shape index (κ2) is 6.35. The molecule has 0 aliphatic carbocycles. The zero-order chi connectivity index (χ0) is 12.8. The number of rotatable bonds is 6. The maximum Gasteiger partial charge on any atom is 0.176 e. The number of benzene rings is 1. The highest BCUT2D eigenvalue weighted by Crippen LogP contribution is 2.13. The van der Waals surface area contributed by atoms with Gasteiger partial charge in [0.25, 0.3) is 0 Å². The van der Waals surface area contributed by atoms with Crippen molar-refractivity contribution in [1.82, 2.24) is 4.90 Å². The summed E-state index contributed by atoms with van der Waals surface area (Å²) in [6.45, 7) is 3.33. The molecule has 0 spiro atoms. The van der Waals surface area contributed by atoms with E-state index in [9.17, 15) is 9.18 Å². The van der Waals surface area contributed by atoms with Crippen molar-refractivity contribution in [3.05, 3.63) is 29.6 Å². The van der Waals surface area contributed by atoms with Gasteiger partial charge in [0, 0.05) is 5.56 Å². The van der Waals surface area contributed by atoms with Gasteiger partial charge in [-0.3, -0.25) is 9.69 Å². The third kappa shape index (κ3) is 4.15. The Labute approximate surface area is 101 Å². The van der Waals surface area contributed by atoms with Crippen LogP contribution in [0.2, 0.25) is 0 Å². The minimum atomic E-state index is -0.485. The number of anilines is 1. The first kappa shape index (κ1) is 13.6. The lowest BCUT2D eigenvalue weighted by atomic mass is 10.1. The standard InChI is InChI=1S/C13H19FN2O/c1-3-4-7-16(2)9-13(17)10-5-6-11(14)12(15)8-10/h5-6,8H,3-4,7,9,15H2,1-2H3. The van der Waals surface area contributed by atoms with Crippen molar-refractivity contribution in [2.24, 2.45) is 0 Å². The fourth-order valence-electron chi connectivity index (χ4n) is 1.56. The molecule has 0 aromatic heterocycles. The lowest BCUT2D eigenvalue weighted by Crippen LogP contribution is -2.27. The summed E-state index contributed by atoms with van der Waals surface area (Å²) in [7, 11) is 1.90. The number of nitrogens with two attached hydrogens (primary N) is 1. The van der Waals surface area contributed by atoms with E-state index in [4.69, 9.17) is 5.73 Å². The monoisotopic (exact) mass is 238 g/mol. The lowest BCUT2D eigenvalue weighted by molar-refractivity contribution is 0.0945. The van der Waals surface area contributed by atoms with Gasteiger partial charge in [0.1, 0.15) is 5.82 Å². The van der Waals surface area contributed by atoms with E-state index >= 15 is 0 Å². The van der Waals surface area contributed by atoms with Gasteiger partial charge in [-0.2, -0.15) is 0 Å². The predicted octanol–water partition coefficient (Wildman–Crippen LogP) is 2.32. The molecule has 0 aliphatic heterocycles. The fourth-order valence-corrected chi connectivity index (χ4v) is 1.56. The summed E-state index contributed by atoms with van der Waals surface area (Å²) in [4.78, 5) is 13.8. The van der Waals surface area contributed by atoms with Crippen LogP contribution in [-0.2, 0) is 0 Å². The Hall–Kier alpha value is -1.42. The number of nitrogens with zero attached hydrogens (tertiary/aromatic N) is 1. The number of ketones is 1. The highest BCUT2D eigenvalue weighted by molar-refractivity contribution is 5.98. The number of carbonyl (C=O) groups excluding carboxylic acids is 1. The summed E-state index contributed by atoms with van der Waals surface area (Å²) in [5.74, 6) is -0.517. The molecule has 0 atom stereocenters. The van der Waals surface area contributed by atoms with Crippen LogP contribution >= 0.6 is 0 Å². The van der Waals surface area contributed by atoms with Crippen molar-refractivity contribution in [1.29, 1.82) is 0 Å². The number of nitrogen functional groups attached to an aromatic ring is 1. The van der Waals surface area contributed by atoms with Gasteiger partial charge in [-0.15, -0.1) is 0 Å². The Balaban J connectivity index is 2.60. The SMILES string of the molecule is CCCCN(C)CC(=O)c1ccc(F)c(N)c1. The van der Waals surface area contributed by atoms with Crippen LogP contribution in [0.4, 0.5) is 10.1 Å². The zero-order valence-corrected chi connectivity index (χ0v) is 10.4. The van der Waals surface area contributed by atoms with Crippen molar-refractivity contribution in [3.8, 4) is 0 Å². The van der Waals surface area contributed by atoms with Crippen molar-refractivity contribution in [3.63, 3.8) is 0 Å². The summed E-state index contributed by atoms with van der Waals surface area (Å²) in [5.41, 5.74) is 5.91. The van der Waals surface area contributed by atoms with Crippen LogP contribution in [0, 0.1) is 5.82 Å². The molecule has 1 rings (SSSR count). The molecule has 0 bridgehead atoms. The molecule has 0 amide bonds. The predicted molar refractivity (Wildman–Crippen MR) is 67.5 cm³/mol. The molecule has 94 valence electrons. The van der Waals surface area contributed by atoms with E-state index in [1.54, 1.807) is 0 Å². The molecule has 1 aromatic rings. The number of halogens is 1. The number of carbonyl (C=O) groups is 1. The molecule has 0 aliphatic rings. The van der Waals surface area contributed by atoms with E-state index in [2.05, 4.69) is 6.92 Å². The maximum absolute atomic E-state index is 12.9. The number of likely N-dealkylation sites (N-methyl/N-ethyl adjacent to an activating group) is 1. The summed E-state index contributed by atoms with van der Waals surface area (Å²) in [6, 6.07) is 4.10. The number of unbranched alkanes of at least 4 members (excludes halogenated alkanes) is 1. The van der Waals surface area contributed by atoms with Gasteiger partial charge in [-0.1, -0.05) is 13.3 Å². The molecule has 3 nitrogen and oxygen atoms in total. The Morgan fingerprint density at radius 2 is 2.18 bits per heavy atom. The molecule has 0 radical (unpaired) electrons. The highest BCUT2D eigenvalue weighted by atomic mass is 19.1. The minimum absolute atomic E-state index is 0.0204. The van der Waals surface area contributed by atoms with E-state index in [-0.39, 0.29) is 11.5 Å². The molecule has 0 heterocycles. The average molecular weight is 238 g/mol. The Morgan fingerprint density at radius 3 is 2.76 bits per heavy atom. The third-order valence-corrected chi connectivity index (χ3v) is 2.62. The number of hydrogen-bond donors (Lipinski definition) is 1. The van der Waals surface area contributed by atoms with Gasteiger partial charge in [-0.25, -0.2) is 4.39 Å². The van der Waals surface area contributed by atoms with Crippen molar-refractivity contribution < 1.29 is 9.18 Å². The Kier molecular flexibility index (Phi) is 5.10. The van der Waals surface area contributed by atoms with Crippen molar-refractivity contribution >= 4 is 11.5 Å². The maximum atomic E-state index is 12.9. The molecule has 4 heteroatoms. The number of hydrogen-bond acceptors (Lipinski definition) is 3. The van der Waals surface area contributed by atoms with Gasteiger partial charge >= 0.3 is 0 Å². The first-order chi connectivity index (χ1) is 8.04. The van der Waals surface area contributed by atoms with Gasteiger partial charge in [-0.05, 0) is 38.2 Å². The van der Waals surface area contributed by atoms with E-state index in [1.165, 1.54) is 18.2 Å². The van der Waals surface area contributed by atoms with Crippen LogP contribution in [0.5, 0.6) is 0 Å². The molecule has 0 saturated carbocycles. The summed E-state index contributed by atoms with van der Waals surface area (Å²) in [6.07, 6.45) is 2.16. The average Bonchev–Trinajstić information content (AvgIpc) is 2.30. The third-order valence-electron chi connectivity index (χ3n) is 2.62. The van der Waals surface area contributed by atoms with Gasteiger partial charge in [0.05, 0.1) is 12.2 Å². The second-order valence-corrected chi connectivity index (χ2v) is 4.25. The van der Waals surface area contributed by atoms with Gasteiger partial charge in [0.2, 0.25) is 0 Å². The molecular formula is C13H19FN2O. The topological polar surface area (TPSA) is 46.3 Å². The summed E-state index contributed by atoms with van der Waals surface area (Å²) < 4.78 is 12.9. The Bertz CT molecular complexity index is 393. The minimum Gasteiger partial charge on any atom is -0.396 e. The molecule has 2 N–H and O–H groups in total. The lowest BCUT2D eigenvalue weighted by Gasteiger charge is -2.15. The van der Waals surface area contributed by atoms with Crippen LogP contribution in [0.3, 0.4) is 0 Å². The van der Waals surface area contributed by atoms with Crippen molar-refractivity contribution in [2.45, 2.75) is 19.8 Å². The second-order valence-electron chi connectivity index (χ2n) is 4.25. The van der Waals surface area contributed by atoms with E-state index in [1.807, 2.05) is 11.9 Å². The molecular weight excluding hydrogens is 219 g/mol. The van der Waals surface area contributed by atoms with Crippen molar-refractivity contribution in [2.75, 3.05) is 25.9 Å². The number of Topliss-reactive ketones (excluding diaryl/α,β-unsaturated/α-hetero) is 1. The van der Waals surface area contributed by atoms with Crippen LogP contribution < -0.4 is 5.73 Å². The fraction of sp³-hybridized carbons (Fsp3) is 0.462. The van der Waals surface area contributed by atoms with Gasteiger partial charge in [0.15, 0.2) is 5.78 Å². The van der Waals surface area contributed by atoms with Gasteiger partial charge < -0.3 is 5.73 Å². The first-order valence-electron chi connectivity index (χ1n) is 5.81. The van der Waals surface area contributed by atoms with Crippen LogP contribution in [0.15, 0.2) is 18.2 Å².